The van der Waals surface area contributed by atoms with Crippen LogP contribution in [-0.2, 0) is 11.8 Å². The van der Waals surface area contributed by atoms with Gasteiger partial charge in [-0.25, -0.2) is 4.79 Å². The van der Waals surface area contributed by atoms with E-state index in [9.17, 15) is 4.79 Å². The van der Waals surface area contributed by atoms with Gasteiger partial charge in [0.25, 0.3) is 0 Å². The number of aromatic carboxylic acids is 1. The number of carbonyl (C=O) groups is 1. The van der Waals surface area contributed by atoms with Gasteiger partial charge in [-0.15, -0.1) is 34.5 Å². The molecule has 1 rings (SSSR count). The Morgan fingerprint density at radius 1 is 1.50 bits per heavy atom. The fourth-order valence-corrected chi connectivity index (χ4v) is 2.32. The Hall–Kier alpha value is -0.250. The minimum Gasteiger partial charge on any atom is -0.477 e. The van der Waals surface area contributed by atoms with Gasteiger partial charge in [-0.2, -0.15) is 0 Å². The Bertz CT molecular complexity index is 274. The largest absolute Gasteiger partial charge is 0.477 e. The van der Waals surface area contributed by atoms with Crippen LogP contribution in [-0.4, -0.2) is 11.1 Å². The van der Waals surface area contributed by atoms with Gasteiger partial charge in [-0.05, 0) is 11.6 Å². The molecule has 1 N–H and O–H groups in total. The maximum absolute atomic E-state index is 10.5. The summed E-state index contributed by atoms with van der Waals surface area (Å²) in [5.74, 6) is -0.297. The van der Waals surface area contributed by atoms with Crippen LogP contribution >= 0.6 is 34.5 Å². The summed E-state index contributed by atoms with van der Waals surface area (Å²) in [4.78, 5) is 11.7. The number of hydrogen-bond acceptors (Lipinski definition) is 2. The molecule has 0 aliphatic carbocycles. The van der Waals surface area contributed by atoms with Crippen LogP contribution in [0.3, 0.4) is 0 Å². The van der Waals surface area contributed by atoms with E-state index in [-0.39, 0.29) is 0 Å². The lowest BCUT2D eigenvalue weighted by atomic mass is 10.3. The molecular weight excluding hydrogens is 219 g/mol. The average Bonchev–Trinajstić information content (AvgIpc) is 2.46. The molecule has 0 radical (unpaired) electrons. The second-order valence-electron chi connectivity index (χ2n) is 2.13. The highest BCUT2D eigenvalue weighted by Gasteiger charge is 2.11. The van der Waals surface area contributed by atoms with E-state index in [0.29, 0.717) is 16.6 Å². The fraction of sp³-hybridized carbons (Fsp3) is 0.286. The third kappa shape index (κ3) is 1.91. The van der Waals surface area contributed by atoms with Crippen molar-refractivity contribution in [2.24, 2.45) is 0 Å². The number of carboxylic acids is 1. The quantitative estimate of drug-likeness (QED) is 0.803. The van der Waals surface area contributed by atoms with Gasteiger partial charge in [0, 0.05) is 10.8 Å². The molecule has 12 heavy (non-hydrogen) atoms. The summed E-state index contributed by atoms with van der Waals surface area (Å²) in [5.41, 5.74) is 0.814. The van der Waals surface area contributed by atoms with Gasteiger partial charge in [0.05, 0.1) is 5.88 Å². The number of carboxylic acid groups (broad SMARTS) is 1. The zero-order valence-electron chi connectivity index (χ0n) is 6.01. The summed E-state index contributed by atoms with van der Waals surface area (Å²) in [5, 5.41) is 8.64. The third-order valence-electron chi connectivity index (χ3n) is 1.37. The maximum Gasteiger partial charge on any atom is 0.345 e. The van der Waals surface area contributed by atoms with E-state index in [1.54, 1.807) is 6.07 Å². The molecule has 0 aliphatic rings. The van der Waals surface area contributed by atoms with Gasteiger partial charge in [0.2, 0.25) is 0 Å². The molecule has 0 aromatic carbocycles. The minimum absolute atomic E-state index is 0.293. The number of halogens is 2. The van der Waals surface area contributed by atoms with E-state index in [1.165, 1.54) is 11.3 Å². The van der Waals surface area contributed by atoms with E-state index in [1.807, 2.05) is 0 Å². The number of hydrogen-bond donors (Lipinski definition) is 1. The molecule has 0 saturated carbocycles. The SMILES string of the molecule is O=C(O)c1cc(CCl)c(CCl)s1. The lowest BCUT2D eigenvalue weighted by Gasteiger charge is -1.90. The predicted molar refractivity (Wildman–Crippen MR) is 50.4 cm³/mol. The van der Waals surface area contributed by atoms with Crippen LogP contribution in [0.4, 0.5) is 0 Å². The van der Waals surface area contributed by atoms with Crippen molar-refractivity contribution in [1.29, 1.82) is 0 Å². The zero-order chi connectivity index (χ0) is 9.14. The molecule has 66 valence electrons. The fourth-order valence-electron chi connectivity index (χ4n) is 0.798. The summed E-state index contributed by atoms with van der Waals surface area (Å²) in [6, 6.07) is 1.57. The van der Waals surface area contributed by atoms with Gasteiger partial charge in [-0.1, -0.05) is 0 Å². The Morgan fingerprint density at radius 2 is 2.17 bits per heavy atom. The van der Waals surface area contributed by atoms with Gasteiger partial charge >= 0.3 is 5.97 Å². The molecule has 0 bridgehead atoms. The van der Waals surface area contributed by atoms with Crippen LogP contribution in [0.15, 0.2) is 6.07 Å². The molecule has 0 saturated heterocycles. The van der Waals surface area contributed by atoms with Crippen LogP contribution in [0, 0.1) is 0 Å². The molecule has 0 spiro atoms. The summed E-state index contributed by atoms with van der Waals surface area (Å²) in [7, 11) is 0. The molecule has 2 nitrogen and oxygen atoms in total. The summed E-state index contributed by atoms with van der Waals surface area (Å²) in [6.45, 7) is 0. The van der Waals surface area contributed by atoms with Gasteiger partial charge < -0.3 is 5.11 Å². The number of alkyl halides is 2. The van der Waals surface area contributed by atoms with Crippen molar-refractivity contribution in [2.45, 2.75) is 11.8 Å². The summed E-state index contributed by atoms with van der Waals surface area (Å²) < 4.78 is 0. The van der Waals surface area contributed by atoms with Crippen LogP contribution in [0.25, 0.3) is 0 Å². The molecule has 0 atom stereocenters. The van der Waals surface area contributed by atoms with Gasteiger partial charge in [0.1, 0.15) is 4.88 Å². The highest BCUT2D eigenvalue weighted by Crippen LogP contribution is 2.25. The van der Waals surface area contributed by atoms with Crippen molar-refractivity contribution in [2.75, 3.05) is 0 Å². The molecule has 0 amide bonds. The molecule has 5 heteroatoms. The van der Waals surface area contributed by atoms with E-state index >= 15 is 0 Å². The first-order chi connectivity index (χ1) is 5.69. The number of thiophene rings is 1. The molecule has 1 aromatic heterocycles. The monoisotopic (exact) mass is 224 g/mol. The van der Waals surface area contributed by atoms with Crippen LogP contribution in [0.5, 0.6) is 0 Å². The zero-order valence-corrected chi connectivity index (χ0v) is 8.34. The van der Waals surface area contributed by atoms with Gasteiger partial charge in [0.15, 0.2) is 0 Å². The highest BCUT2D eigenvalue weighted by molar-refractivity contribution is 7.14. The summed E-state index contributed by atoms with van der Waals surface area (Å²) >= 11 is 12.3. The third-order valence-corrected chi connectivity index (χ3v) is 3.25. The lowest BCUT2D eigenvalue weighted by molar-refractivity contribution is 0.0702. The van der Waals surface area contributed by atoms with Crippen molar-refractivity contribution < 1.29 is 9.90 Å². The molecule has 1 heterocycles. The van der Waals surface area contributed by atoms with Crippen molar-refractivity contribution in [3.63, 3.8) is 0 Å². The molecule has 0 fully saturated rings. The average molecular weight is 225 g/mol. The van der Waals surface area contributed by atoms with Crippen LogP contribution < -0.4 is 0 Å². The Morgan fingerprint density at radius 3 is 2.50 bits per heavy atom. The molecule has 1 aromatic rings. The van der Waals surface area contributed by atoms with E-state index in [0.717, 1.165) is 10.4 Å². The Labute approximate surface area is 83.7 Å². The predicted octanol–water partition coefficient (Wildman–Crippen LogP) is 2.92. The van der Waals surface area contributed by atoms with Crippen molar-refractivity contribution in [3.05, 3.63) is 21.4 Å². The topological polar surface area (TPSA) is 37.3 Å². The standard InChI is InChI=1S/C7H6Cl2O2S/c8-2-4-1-5(7(10)11)12-6(4)3-9/h1H,2-3H2,(H,10,11). The van der Waals surface area contributed by atoms with Crippen molar-refractivity contribution in [3.8, 4) is 0 Å². The van der Waals surface area contributed by atoms with Crippen LogP contribution in [0.2, 0.25) is 0 Å². The van der Waals surface area contributed by atoms with Crippen molar-refractivity contribution in [1.82, 2.24) is 0 Å². The normalized spacial score (nSPS) is 10.2. The van der Waals surface area contributed by atoms with E-state index in [2.05, 4.69) is 0 Å². The van der Waals surface area contributed by atoms with E-state index < -0.39 is 5.97 Å². The second kappa shape index (κ2) is 4.12. The molecular formula is C7H6Cl2O2S. The smallest absolute Gasteiger partial charge is 0.345 e. The minimum atomic E-state index is -0.928. The van der Waals surface area contributed by atoms with Crippen molar-refractivity contribution >= 4 is 40.5 Å². The maximum atomic E-state index is 10.5. The number of rotatable bonds is 3. The van der Waals surface area contributed by atoms with Gasteiger partial charge in [-0.3, -0.25) is 0 Å². The second-order valence-corrected chi connectivity index (χ2v) is 3.80. The lowest BCUT2D eigenvalue weighted by Crippen LogP contribution is -1.90. The van der Waals surface area contributed by atoms with E-state index in [4.69, 9.17) is 28.3 Å². The Kier molecular flexibility index (Phi) is 3.38. The first-order valence-corrected chi connectivity index (χ1v) is 5.04. The first-order valence-electron chi connectivity index (χ1n) is 3.15. The molecule has 0 aliphatic heterocycles. The molecule has 0 unspecified atom stereocenters. The Balaban J connectivity index is 3.05. The first kappa shape index (κ1) is 9.84. The highest BCUT2D eigenvalue weighted by atomic mass is 35.5. The van der Waals surface area contributed by atoms with Crippen LogP contribution in [0.1, 0.15) is 20.1 Å². The summed E-state index contributed by atoms with van der Waals surface area (Å²) in [6.07, 6.45) is 0.